The lowest BCUT2D eigenvalue weighted by atomic mass is 9.95. The third kappa shape index (κ3) is 30.5. The summed E-state index contributed by atoms with van der Waals surface area (Å²) in [6.07, 6.45) is 8.89. The average Bonchev–Trinajstić information content (AvgIpc) is 0.770. The van der Waals surface area contributed by atoms with Crippen molar-refractivity contribution in [2.75, 3.05) is 109 Å². The van der Waals surface area contributed by atoms with E-state index in [1.165, 1.54) is 40.5 Å². The highest BCUT2D eigenvalue weighted by Crippen LogP contribution is 2.41. The highest BCUT2D eigenvalue weighted by Gasteiger charge is 2.32. The first kappa shape index (κ1) is 108. The number of ether oxygens (including phenoxy) is 8. The fraction of sp³-hybridized carbons (Fsp3) is 0.361. The lowest BCUT2D eigenvalue weighted by Gasteiger charge is -2.32. The second kappa shape index (κ2) is 47.6. The van der Waals surface area contributed by atoms with Crippen molar-refractivity contribution in [2.24, 2.45) is 20.6 Å². The van der Waals surface area contributed by atoms with E-state index in [2.05, 4.69) is 78.3 Å². The molecule has 140 heavy (non-hydrogen) atoms. The molecule has 0 fully saturated rings. The third-order valence-electron chi connectivity index (χ3n) is 23.0. The number of aromatic nitrogens is 6. The van der Waals surface area contributed by atoms with Crippen molar-refractivity contribution in [2.45, 2.75) is 148 Å². The first-order valence-electron chi connectivity index (χ1n) is 44.5. The number of hydrogen-bond acceptors (Lipinski definition) is 31. The monoisotopic (exact) mass is 2040 g/mol. The van der Waals surface area contributed by atoms with Gasteiger partial charge >= 0.3 is 12.2 Å². The van der Waals surface area contributed by atoms with E-state index in [0.29, 0.717) is 97.3 Å². The second-order valence-electron chi connectivity index (χ2n) is 35.2. The molecule has 3 aromatic heterocycles. The van der Waals surface area contributed by atoms with Crippen LogP contribution in [0.1, 0.15) is 125 Å². The van der Waals surface area contributed by atoms with E-state index in [0.717, 1.165) is 176 Å². The molecule has 0 saturated carbocycles. The maximum absolute atomic E-state index is 12.1. The SMILES string of the molecule is CC(C)(C)OC(=O)N1CCc2c(N)cccc2C1.CC(C)(C)OC(=O)N1CCc2c(cccc2CS(N)(=O)=O)C1.COc1cc2ncnc(Cl)c2cc1OC.COc1cc2ncnc(N3CCc4c(N)cccc4C3)c2cc1OC.COc1cc2ncnc(N3CCc4c(cccc4CS(N)(=O)=O)C3)c2cc1OC.NS(=O)(=O)Cc1cccc2c1CCNC2.NS(=O)(=O)Cl.Nc1cccc2c1CCNC2. The maximum atomic E-state index is 12.1. The van der Waals surface area contributed by atoms with Crippen molar-refractivity contribution in [1.29, 1.82) is 0 Å². The van der Waals surface area contributed by atoms with Crippen LogP contribution in [-0.4, -0.2) is 179 Å². The van der Waals surface area contributed by atoms with Crippen molar-refractivity contribution in [3.63, 3.8) is 0 Å². The molecule has 0 atom stereocenters. The summed E-state index contributed by atoms with van der Waals surface area (Å²) in [5.74, 6) is 5.12. The minimum atomic E-state index is -3.69. The van der Waals surface area contributed by atoms with Crippen LogP contribution in [0.25, 0.3) is 32.7 Å². The summed E-state index contributed by atoms with van der Waals surface area (Å²) in [5, 5.41) is 29.1. The molecule has 750 valence electrons. The fourth-order valence-electron chi connectivity index (χ4n) is 16.8. The van der Waals surface area contributed by atoms with Crippen LogP contribution in [0.15, 0.2) is 165 Å². The maximum Gasteiger partial charge on any atom is 0.410 e. The topological polar surface area (TPSA) is 541 Å². The summed E-state index contributed by atoms with van der Waals surface area (Å²) in [7, 11) is -0.409. The van der Waals surface area contributed by atoms with Gasteiger partial charge < -0.3 is 85.3 Å². The molecule has 18 rings (SSSR count). The highest BCUT2D eigenvalue weighted by molar-refractivity contribution is 8.11. The normalized spacial score (nSPS) is 14.2. The molecule has 12 aromatic rings. The number of sulfonamides is 3. The molecular formula is C97H121Cl2N19O18S4. The lowest BCUT2D eigenvalue weighted by molar-refractivity contribution is 0.0214. The summed E-state index contributed by atoms with van der Waals surface area (Å²) < 4.78 is 129. The van der Waals surface area contributed by atoms with Gasteiger partial charge in [0.1, 0.15) is 47.0 Å². The Labute approximate surface area is 826 Å². The number of nitrogens with zero attached hydrogens (tertiary/aromatic N) is 10. The predicted octanol–water partition coefficient (Wildman–Crippen LogP) is 11.9. The molecule has 9 heterocycles. The van der Waals surface area contributed by atoms with Gasteiger partial charge in [-0.2, -0.15) is 8.42 Å². The number of nitrogens with two attached hydrogens (primary N) is 7. The second-order valence-corrected chi connectivity index (χ2v) is 42.7. The van der Waals surface area contributed by atoms with Gasteiger partial charge in [-0.25, -0.2) is 85.3 Å². The van der Waals surface area contributed by atoms with Crippen LogP contribution in [0.4, 0.5) is 38.3 Å². The first-order valence-corrected chi connectivity index (χ1v) is 52.4. The van der Waals surface area contributed by atoms with Crippen LogP contribution < -0.4 is 86.6 Å². The summed E-state index contributed by atoms with van der Waals surface area (Å²) in [6, 6.07) is 46.1. The molecule has 16 N–H and O–H groups in total. The van der Waals surface area contributed by atoms with Crippen molar-refractivity contribution >= 4 is 135 Å². The zero-order chi connectivity index (χ0) is 102. The van der Waals surface area contributed by atoms with Crippen LogP contribution >= 0.6 is 22.3 Å². The number of carbonyl (C=O) groups excluding carboxylic acids is 2. The molecule has 0 spiro atoms. The number of primary sulfonamides is 3. The Balaban J connectivity index is 0.000000158. The van der Waals surface area contributed by atoms with Crippen molar-refractivity contribution < 1.29 is 81.2 Å². The van der Waals surface area contributed by atoms with Crippen LogP contribution in [0.5, 0.6) is 34.5 Å². The van der Waals surface area contributed by atoms with E-state index >= 15 is 0 Å². The molecule has 0 aliphatic carbocycles. The summed E-state index contributed by atoms with van der Waals surface area (Å²) in [5.41, 5.74) is 38.0. The number of methoxy groups -OCH3 is 6. The minimum Gasteiger partial charge on any atom is -0.493 e. The molecular weight excluding hydrogens is 1920 g/mol. The van der Waals surface area contributed by atoms with Crippen LogP contribution in [0, 0.1) is 0 Å². The Bertz CT molecular complexity index is 6940. The number of benzene rings is 9. The molecule has 0 unspecified atom stereocenters. The first-order chi connectivity index (χ1) is 66.2. The van der Waals surface area contributed by atoms with E-state index in [1.807, 2.05) is 151 Å². The van der Waals surface area contributed by atoms with E-state index in [9.17, 15) is 43.3 Å². The molecule has 0 radical (unpaired) electrons. The number of nitrogen functional groups attached to an aromatic ring is 3. The van der Waals surface area contributed by atoms with E-state index in [-0.39, 0.29) is 29.4 Å². The highest BCUT2D eigenvalue weighted by atomic mass is 35.7. The quantitative estimate of drug-likeness (QED) is 0.0277. The molecule has 2 amide bonds. The van der Waals surface area contributed by atoms with Crippen molar-refractivity contribution in [3.05, 3.63) is 253 Å². The number of nitrogens with one attached hydrogen (secondary N) is 2. The Morgan fingerprint density at radius 2 is 0.650 bits per heavy atom. The third-order valence-corrected chi connectivity index (χ3v) is 25.5. The molecule has 43 heteroatoms. The van der Waals surface area contributed by atoms with Gasteiger partial charge in [-0.1, -0.05) is 103 Å². The zero-order valence-electron chi connectivity index (χ0n) is 80.2. The summed E-state index contributed by atoms with van der Waals surface area (Å²) >= 11 is 5.93. The number of hydrogen-bond donors (Lipinski definition) is 9. The zero-order valence-corrected chi connectivity index (χ0v) is 85.0. The predicted molar refractivity (Wildman–Crippen MR) is 545 cm³/mol. The Kier molecular flexibility index (Phi) is 36.7. The Hall–Kier alpha value is -12.5. The smallest absolute Gasteiger partial charge is 0.410 e. The molecule has 0 saturated heterocycles. The molecule has 0 bridgehead atoms. The van der Waals surface area contributed by atoms with Gasteiger partial charge in [-0.05, 0) is 213 Å². The van der Waals surface area contributed by atoms with E-state index in [4.69, 9.17) is 82.1 Å². The van der Waals surface area contributed by atoms with Gasteiger partial charge in [0.25, 0.3) is 9.24 Å². The van der Waals surface area contributed by atoms with Gasteiger partial charge in [0.2, 0.25) is 30.1 Å². The van der Waals surface area contributed by atoms with Crippen molar-refractivity contribution in [1.82, 2.24) is 50.3 Å². The largest absolute Gasteiger partial charge is 0.493 e. The number of halogens is 2. The molecule has 9 aromatic carbocycles. The van der Waals surface area contributed by atoms with E-state index in [1.54, 1.807) is 83.1 Å². The minimum absolute atomic E-state index is 0.0594. The lowest BCUT2D eigenvalue weighted by Crippen LogP contribution is -2.40. The average molecular weight is 2040 g/mol. The Morgan fingerprint density at radius 3 is 1.01 bits per heavy atom. The van der Waals surface area contributed by atoms with Crippen LogP contribution in [0.3, 0.4) is 0 Å². The molecule has 6 aliphatic rings. The van der Waals surface area contributed by atoms with Gasteiger partial charge in [-0.3, -0.25) is 0 Å². The summed E-state index contributed by atoms with van der Waals surface area (Å²) in [4.78, 5) is 57.7. The standard InChI is InChI=1S/C20H22N4O4S.C19H20N4O2.C15H22N2O4S.C14H20N2O2.C10H9ClN2O2.C10H14N2O2S.C9H12N2.ClH2NO2S/c1-27-18-8-16-17(9-19(18)28-2)22-12-23-20(16)24-7-6-15-13(10-24)4-3-5-14(15)11-29(21,25)26;1-24-17-8-14-16(9-18(17)25-2)21-11-22-19(14)23-7-6-13-12(10-23)4-3-5-15(13)20;1-15(2,3)21-14(18)17-8-7-13-11(9-17)5-4-6-12(13)10-22(16,19)20;1-14(2,3)18-13(17)16-8-7-11-10(9-16)5-4-6-12(11)15;1-14-8-3-6-7(4-9(8)15-2)12-5-13-10(6)11;11-15(13,14)7-9-3-1-2-8-6-12-5-4-10(8)9;10-9-3-1-2-7-6-11-5-4-8(7)9;1-5(2,3)4/h3-5,8-9,12H,6-7,10-11H2,1-2H3,(H2,21,25,26);3-5,8-9,11H,6-7,10,20H2,1-2H3;4-6H,7-10H2,1-3H3,(H2,16,19,20);4-6H,7-9,15H2,1-3H3;3-5H,1-2H3;1-3,12H,4-7H2,(H2,11,13,14);1-3,11H,4-6,10H2;(H2,2,3,4). The molecule has 37 nitrogen and oxygen atoms in total. The number of anilines is 5. The van der Waals surface area contributed by atoms with Crippen LogP contribution in [0.2, 0.25) is 5.15 Å². The van der Waals surface area contributed by atoms with E-state index < -0.39 is 50.5 Å². The van der Waals surface area contributed by atoms with Crippen LogP contribution in [-0.2, 0) is 144 Å². The van der Waals surface area contributed by atoms with Crippen molar-refractivity contribution in [3.8, 4) is 34.5 Å². The van der Waals surface area contributed by atoms with Gasteiger partial charge in [-0.15, -0.1) is 0 Å². The van der Waals surface area contributed by atoms with Gasteiger partial charge in [0.15, 0.2) is 34.5 Å². The van der Waals surface area contributed by atoms with Gasteiger partial charge in [0.05, 0.1) is 76.5 Å². The fourth-order valence-corrected chi connectivity index (χ4v) is 19.1. The number of fused-ring (bicyclic) bond motifs is 9. The van der Waals surface area contributed by atoms with Gasteiger partial charge in [0, 0.05) is 128 Å². The number of carbonyl (C=O) groups is 2. The summed E-state index contributed by atoms with van der Waals surface area (Å²) in [6.45, 7) is 20.0. The Morgan fingerprint density at radius 1 is 0.371 bits per heavy atom. The molecule has 6 aliphatic heterocycles. The number of rotatable bonds is 14. The number of amides is 2.